The van der Waals surface area contributed by atoms with Gasteiger partial charge in [0.15, 0.2) is 0 Å². The maximum atomic E-state index is 13.0. The van der Waals surface area contributed by atoms with Gasteiger partial charge in [0.1, 0.15) is 0 Å². The summed E-state index contributed by atoms with van der Waals surface area (Å²) in [6.45, 7) is 8.97. The van der Waals surface area contributed by atoms with Crippen LogP contribution in [0.3, 0.4) is 0 Å². The molecular formula is C24H33N7O3. The average Bonchev–Trinajstić information content (AvgIpc) is 2.87. The van der Waals surface area contributed by atoms with E-state index in [4.69, 9.17) is 0 Å². The largest absolute Gasteiger partial charge is 0.371 e. The van der Waals surface area contributed by atoms with E-state index < -0.39 is 4.92 Å². The van der Waals surface area contributed by atoms with E-state index in [2.05, 4.69) is 36.9 Å². The summed E-state index contributed by atoms with van der Waals surface area (Å²) in [5, 5.41) is 14.3. The number of hydrogen-bond donors (Lipinski definition) is 1. The second-order valence-electron chi connectivity index (χ2n) is 9.12. The average molecular weight is 468 g/mol. The van der Waals surface area contributed by atoms with E-state index >= 15 is 0 Å². The third-order valence-electron chi connectivity index (χ3n) is 6.70. The Morgan fingerprint density at radius 3 is 2.47 bits per heavy atom. The van der Waals surface area contributed by atoms with Gasteiger partial charge in [0, 0.05) is 70.3 Å². The molecule has 2 aromatic rings. The van der Waals surface area contributed by atoms with Crippen LogP contribution in [-0.4, -0.2) is 78.1 Å². The molecule has 10 nitrogen and oxygen atoms in total. The van der Waals surface area contributed by atoms with Crippen LogP contribution in [0.2, 0.25) is 0 Å². The zero-order chi connectivity index (χ0) is 23.9. The Bertz CT molecular complexity index is 972. The number of nitro groups is 1. The lowest BCUT2D eigenvalue weighted by molar-refractivity contribution is -0.384. The number of carbonyl (C=O) groups excluding carboxylic acids is 1. The summed E-state index contributed by atoms with van der Waals surface area (Å²) < 4.78 is 0. The van der Waals surface area contributed by atoms with Gasteiger partial charge >= 0.3 is 0 Å². The molecule has 0 radical (unpaired) electrons. The SMILES string of the molecule is CC1CCN(c2ccc([N+](=O)[O-])cc2C(=O)NCCCN2CCN(c3ncccn3)CC2)CC1. The van der Waals surface area contributed by atoms with Crippen LogP contribution < -0.4 is 15.1 Å². The van der Waals surface area contributed by atoms with Crippen molar-refractivity contribution in [1.82, 2.24) is 20.2 Å². The second-order valence-corrected chi connectivity index (χ2v) is 9.12. The fourth-order valence-electron chi connectivity index (χ4n) is 4.57. The number of benzene rings is 1. The molecule has 10 heteroatoms. The summed E-state index contributed by atoms with van der Waals surface area (Å²) in [6, 6.07) is 6.44. The first-order valence-electron chi connectivity index (χ1n) is 12.1. The first-order chi connectivity index (χ1) is 16.5. The standard InChI is InChI=1S/C24H33N7O3/c1-19-6-12-29(13-7-19)22-5-4-20(31(33)34)18-21(22)23(32)25-10-3-11-28-14-16-30(17-15-28)24-26-8-2-9-27-24/h2,4-5,8-9,18-19H,3,6-7,10-17H2,1H3,(H,25,32). The topological polar surface area (TPSA) is 108 Å². The number of rotatable bonds is 8. The van der Waals surface area contributed by atoms with Crippen molar-refractivity contribution >= 4 is 23.2 Å². The minimum Gasteiger partial charge on any atom is -0.371 e. The summed E-state index contributed by atoms with van der Waals surface area (Å²) in [5.74, 6) is 1.18. The van der Waals surface area contributed by atoms with Crippen molar-refractivity contribution in [3.8, 4) is 0 Å². The molecule has 0 aliphatic carbocycles. The lowest BCUT2D eigenvalue weighted by Gasteiger charge is -2.34. The number of non-ortho nitro benzene ring substituents is 1. The molecule has 1 N–H and O–H groups in total. The van der Waals surface area contributed by atoms with E-state index in [-0.39, 0.29) is 11.6 Å². The minimum absolute atomic E-state index is 0.0560. The van der Waals surface area contributed by atoms with Crippen LogP contribution in [0.1, 0.15) is 36.5 Å². The summed E-state index contributed by atoms with van der Waals surface area (Å²) in [6.07, 6.45) is 6.45. The second kappa shape index (κ2) is 11.2. The van der Waals surface area contributed by atoms with Gasteiger partial charge in [0.2, 0.25) is 5.95 Å². The number of piperidine rings is 1. The molecule has 1 aromatic carbocycles. The molecule has 3 heterocycles. The lowest BCUT2D eigenvalue weighted by atomic mass is 9.98. The summed E-state index contributed by atoms with van der Waals surface area (Å²) >= 11 is 0. The first kappa shape index (κ1) is 23.9. The molecule has 0 atom stereocenters. The molecule has 34 heavy (non-hydrogen) atoms. The Labute approximate surface area is 200 Å². The number of nitro benzene ring substituents is 1. The number of nitrogens with zero attached hydrogens (tertiary/aromatic N) is 6. The molecule has 1 aromatic heterocycles. The van der Waals surface area contributed by atoms with Crippen LogP contribution in [0, 0.1) is 16.0 Å². The van der Waals surface area contributed by atoms with Crippen molar-refractivity contribution in [2.75, 3.05) is 62.2 Å². The molecule has 2 aliphatic heterocycles. The molecule has 0 spiro atoms. The van der Waals surface area contributed by atoms with Crippen molar-refractivity contribution in [3.63, 3.8) is 0 Å². The van der Waals surface area contributed by atoms with Gasteiger partial charge in [-0.3, -0.25) is 19.8 Å². The summed E-state index contributed by atoms with van der Waals surface area (Å²) in [4.78, 5) is 39.2. The number of hydrogen-bond acceptors (Lipinski definition) is 8. The van der Waals surface area contributed by atoms with Crippen molar-refractivity contribution in [1.29, 1.82) is 0 Å². The van der Waals surface area contributed by atoms with Gasteiger partial charge in [-0.25, -0.2) is 9.97 Å². The van der Waals surface area contributed by atoms with Crippen LogP contribution in [-0.2, 0) is 0 Å². The van der Waals surface area contributed by atoms with Crippen LogP contribution in [0.5, 0.6) is 0 Å². The molecule has 0 bridgehead atoms. The van der Waals surface area contributed by atoms with Crippen LogP contribution in [0.25, 0.3) is 0 Å². The zero-order valence-electron chi connectivity index (χ0n) is 19.7. The maximum Gasteiger partial charge on any atom is 0.270 e. The highest BCUT2D eigenvalue weighted by atomic mass is 16.6. The van der Waals surface area contributed by atoms with Crippen molar-refractivity contribution in [3.05, 3.63) is 52.3 Å². The first-order valence-corrected chi connectivity index (χ1v) is 12.1. The fourth-order valence-corrected chi connectivity index (χ4v) is 4.57. The minimum atomic E-state index is -0.445. The Morgan fingerprint density at radius 1 is 1.09 bits per heavy atom. The monoisotopic (exact) mass is 467 g/mol. The number of nitrogens with one attached hydrogen (secondary N) is 1. The number of amides is 1. The van der Waals surface area contributed by atoms with E-state index in [1.165, 1.54) is 12.1 Å². The molecule has 4 rings (SSSR count). The van der Waals surface area contributed by atoms with Crippen molar-refractivity contribution in [2.24, 2.45) is 5.92 Å². The fraction of sp³-hybridized carbons (Fsp3) is 0.542. The van der Waals surface area contributed by atoms with Gasteiger partial charge < -0.3 is 15.1 Å². The highest BCUT2D eigenvalue weighted by Crippen LogP contribution is 2.29. The van der Waals surface area contributed by atoms with Gasteiger partial charge in [-0.2, -0.15) is 0 Å². The molecular weight excluding hydrogens is 434 g/mol. The van der Waals surface area contributed by atoms with E-state index in [0.29, 0.717) is 18.0 Å². The van der Waals surface area contributed by atoms with Crippen LogP contribution in [0.15, 0.2) is 36.7 Å². The Kier molecular flexibility index (Phi) is 7.89. The lowest BCUT2D eigenvalue weighted by Crippen LogP contribution is -2.47. The Morgan fingerprint density at radius 2 is 1.79 bits per heavy atom. The molecule has 0 saturated carbocycles. The summed E-state index contributed by atoms with van der Waals surface area (Å²) in [7, 11) is 0. The molecule has 2 aliphatic rings. The molecule has 182 valence electrons. The van der Waals surface area contributed by atoms with E-state index in [0.717, 1.165) is 76.7 Å². The van der Waals surface area contributed by atoms with Crippen LogP contribution >= 0.6 is 0 Å². The molecule has 2 fully saturated rings. The molecule has 0 unspecified atom stereocenters. The van der Waals surface area contributed by atoms with Gasteiger partial charge in [0.25, 0.3) is 11.6 Å². The van der Waals surface area contributed by atoms with E-state index in [9.17, 15) is 14.9 Å². The number of anilines is 2. The number of carbonyl (C=O) groups is 1. The smallest absolute Gasteiger partial charge is 0.270 e. The summed E-state index contributed by atoms with van der Waals surface area (Å²) in [5.41, 5.74) is 1.12. The third kappa shape index (κ3) is 5.99. The molecule has 2 saturated heterocycles. The maximum absolute atomic E-state index is 13.0. The quantitative estimate of drug-likeness (QED) is 0.359. The zero-order valence-corrected chi connectivity index (χ0v) is 19.7. The Hall–Kier alpha value is -3.27. The highest BCUT2D eigenvalue weighted by Gasteiger charge is 2.24. The molecule has 1 amide bonds. The number of piperazine rings is 1. The van der Waals surface area contributed by atoms with Gasteiger partial charge in [-0.1, -0.05) is 6.92 Å². The van der Waals surface area contributed by atoms with Gasteiger partial charge in [-0.15, -0.1) is 0 Å². The Balaban J connectivity index is 1.28. The van der Waals surface area contributed by atoms with Crippen molar-refractivity contribution in [2.45, 2.75) is 26.2 Å². The van der Waals surface area contributed by atoms with Gasteiger partial charge in [-0.05, 0) is 43.9 Å². The third-order valence-corrected chi connectivity index (χ3v) is 6.70. The van der Waals surface area contributed by atoms with Crippen molar-refractivity contribution < 1.29 is 9.72 Å². The number of aromatic nitrogens is 2. The van der Waals surface area contributed by atoms with Crippen LogP contribution in [0.4, 0.5) is 17.3 Å². The predicted octanol–water partition coefficient (Wildman–Crippen LogP) is 2.56. The van der Waals surface area contributed by atoms with E-state index in [1.54, 1.807) is 18.5 Å². The van der Waals surface area contributed by atoms with E-state index in [1.807, 2.05) is 6.07 Å². The highest BCUT2D eigenvalue weighted by molar-refractivity contribution is 6.00. The van der Waals surface area contributed by atoms with Gasteiger partial charge in [0.05, 0.1) is 16.2 Å². The predicted molar refractivity (Wildman–Crippen MR) is 131 cm³/mol. The normalized spacial score (nSPS) is 17.6.